The van der Waals surface area contributed by atoms with E-state index in [4.69, 9.17) is 0 Å². The van der Waals surface area contributed by atoms with Gasteiger partial charge in [0.2, 0.25) is 0 Å². The summed E-state index contributed by atoms with van der Waals surface area (Å²) in [5.74, 6) is -1.03. The molecule has 0 aliphatic rings. The highest BCUT2D eigenvalue weighted by atomic mass is 16.4. The average Bonchev–Trinajstić information content (AvgIpc) is 2.34. The van der Waals surface area contributed by atoms with Crippen LogP contribution in [0.15, 0.2) is 0 Å². The molecule has 4 nitrogen and oxygen atoms in total. The van der Waals surface area contributed by atoms with Crippen LogP contribution in [0.5, 0.6) is 0 Å². The fraction of sp³-hybridized carbons (Fsp3) is 0.909. The SMILES string of the molecule is CC(CC(C)(C)C(=O)O)C(C(C)CC(C)(C)C(=O)O)C(C)(C)C(C)(C)C. The maximum Gasteiger partial charge on any atom is 0.309 e. The summed E-state index contributed by atoms with van der Waals surface area (Å²) in [5.41, 5.74) is -1.66. The summed E-state index contributed by atoms with van der Waals surface area (Å²) in [5, 5.41) is 19.1. The average molecular weight is 371 g/mol. The number of rotatable bonds is 9. The van der Waals surface area contributed by atoms with E-state index in [0.717, 1.165) is 0 Å². The number of aliphatic carboxylic acids is 2. The van der Waals surface area contributed by atoms with E-state index in [-0.39, 0.29) is 28.6 Å². The molecule has 0 spiro atoms. The molecule has 0 aromatic carbocycles. The number of carboxylic acids is 2. The van der Waals surface area contributed by atoms with E-state index in [0.29, 0.717) is 12.8 Å². The van der Waals surface area contributed by atoms with Crippen molar-refractivity contribution >= 4 is 11.9 Å². The van der Waals surface area contributed by atoms with Crippen LogP contribution in [-0.2, 0) is 9.59 Å². The third-order valence-electron chi connectivity index (χ3n) is 6.81. The zero-order chi connectivity index (χ0) is 21.3. The Kier molecular flexibility index (Phi) is 7.58. The largest absolute Gasteiger partial charge is 0.481 e. The second-order valence-electron chi connectivity index (χ2n) is 11.2. The third-order valence-corrected chi connectivity index (χ3v) is 6.81. The monoisotopic (exact) mass is 370 g/mol. The number of hydrogen-bond acceptors (Lipinski definition) is 2. The molecule has 0 aliphatic carbocycles. The molecule has 0 radical (unpaired) electrons. The van der Waals surface area contributed by atoms with Gasteiger partial charge in [-0.2, -0.15) is 0 Å². The molecule has 0 saturated carbocycles. The van der Waals surface area contributed by atoms with Crippen molar-refractivity contribution in [2.24, 2.45) is 39.4 Å². The van der Waals surface area contributed by atoms with E-state index in [1.165, 1.54) is 0 Å². The predicted octanol–water partition coefficient (Wildman–Crippen LogP) is 5.95. The molecule has 0 saturated heterocycles. The summed E-state index contributed by atoms with van der Waals surface area (Å²) >= 11 is 0. The Morgan fingerprint density at radius 1 is 0.692 bits per heavy atom. The molecular formula is C22H42O4. The standard InChI is InChI=1S/C22H42O4/c1-14(12-20(6,7)17(23)24)16(22(10,11)19(3,4)5)15(2)13-21(8,9)18(25)26/h14-16H,12-13H2,1-11H3,(H,23,24)(H,25,26). The van der Waals surface area contributed by atoms with E-state index in [1.807, 2.05) is 0 Å². The highest BCUT2D eigenvalue weighted by Gasteiger charge is 2.47. The van der Waals surface area contributed by atoms with Crippen molar-refractivity contribution in [3.8, 4) is 0 Å². The van der Waals surface area contributed by atoms with Crippen molar-refractivity contribution in [1.82, 2.24) is 0 Å². The fourth-order valence-electron chi connectivity index (χ4n) is 4.52. The van der Waals surface area contributed by atoms with E-state index in [2.05, 4.69) is 48.5 Å². The van der Waals surface area contributed by atoms with Crippen molar-refractivity contribution in [2.75, 3.05) is 0 Å². The minimum atomic E-state index is -0.798. The summed E-state index contributed by atoms with van der Waals surface area (Å²) < 4.78 is 0. The smallest absolute Gasteiger partial charge is 0.309 e. The second kappa shape index (κ2) is 7.90. The van der Waals surface area contributed by atoms with Crippen LogP contribution in [0.25, 0.3) is 0 Å². The molecule has 0 aromatic heterocycles. The normalized spacial score (nSPS) is 17.5. The van der Waals surface area contributed by atoms with E-state index in [1.54, 1.807) is 27.7 Å². The first-order chi connectivity index (χ1) is 11.3. The molecule has 0 bridgehead atoms. The van der Waals surface area contributed by atoms with Crippen LogP contribution < -0.4 is 0 Å². The molecule has 0 aromatic rings. The van der Waals surface area contributed by atoms with Gasteiger partial charge in [-0.1, -0.05) is 48.5 Å². The quantitative estimate of drug-likeness (QED) is 0.526. The lowest BCUT2D eigenvalue weighted by atomic mass is 9.53. The van der Waals surface area contributed by atoms with Crippen LogP contribution in [0.1, 0.15) is 89.0 Å². The van der Waals surface area contributed by atoms with Gasteiger partial charge < -0.3 is 10.2 Å². The Morgan fingerprint density at radius 3 is 1.15 bits per heavy atom. The minimum absolute atomic E-state index is 0.0148. The van der Waals surface area contributed by atoms with Gasteiger partial charge in [0, 0.05) is 0 Å². The van der Waals surface area contributed by atoms with Gasteiger partial charge in [-0.3, -0.25) is 9.59 Å². The van der Waals surface area contributed by atoms with Gasteiger partial charge >= 0.3 is 11.9 Å². The zero-order valence-corrected chi connectivity index (χ0v) is 18.9. The van der Waals surface area contributed by atoms with Crippen LogP contribution in [0.2, 0.25) is 0 Å². The predicted molar refractivity (Wildman–Crippen MR) is 107 cm³/mol. The third kappa shape index (κ3) is 5.72. The fourth-order valence-corrected chi connectivity index (χ4v) is 4.52. The molecular weight excluding hydrogens is 328 g/mol. The van der Waals surface area contributed by atoms with Crippen LogP contribution in [0.4, 0.5) is 0 Å². The molecule has 26 heavy (non-hydrogen) atoms. The van der Waals surface area contributed by atoms with Crippen molar-refractivity contribution in [3.05, 3.63) is 0 Å². The van der Waals surface area contributed by atoms with E-state index in [9.17, 15) is 19.8 Å². The Labute approximate surface area is 160 Å². The molecule has 2 unspecified atom stereocenters. The molecule has 0 aliphatic heterocycles. The summed E-state index contributed by atoms with van der Waals surface area (Å²) in [6.45, 7) is 22.5. The molecule has 2 N–H and O–H groups in total. The van der Waals surface area contributed by atoms with Crippen LogP contribution in [-0.4, -0.2) is 22.2 Å². The number of hydrogen-bond donors (Lipinski definition) is 2. The van der Waals surface area contributed by atoms with Crippen molar-refractivity contribution in [3.63, 3.8) is 0 Å². The molecule has 0 heterocycles. The lowest BCUT2D eigenvalue weighted by Gasteiger charge is -2.51. The zero-order valence-electron chi connectivity index (χ0n) is 18.9. The lowest BCUT2D eigenvalue weighted by Crippen LogP contribution is -2.46. The Balaban J connectivity index is 5.92. The van der Waals surface area contributed by atoms with Gasteiger partial charge in [-0.15, -0.1) is 0 Å². The molecule has 0 rings (SSSR count). The molecule has 4 heteroatoms. The first-order valence-corrected chi connectivity index (χ1v) is 9.74. The summed E-state index contributed by atoms with van der Waals surface area (Å²) in [4.78, 5) is 23.3. The Bertz CT molecular complexity index is 475. The molecule has 2 atom stereocenters. The summed E-state index contributed by atoms with van der Waals surface area (Å²) in [6.07, 6.45) is 1.15. The second-order valence-corrected chi connectivity index (χ2v) is 11.2. The van der Waals surface area contributed by atoms with E-state index < -0.39 is 22.8 Å². The first kappa shape index (κ1) is 24.9. The van der Waals surface area contributed by atoms with Crippen LogP contribution in [0.3, 0.4) is 0 Å². The van der Waals surface area contributed by atoms with E-state index >= 15 is 0 Å². The van der Waals surface area contributed by atoms with Gasteiger partial charge in [0.1, 0.15) is 0 Å². The highest BCUT2D eigenvalue weighted by Crippen LogP contribution is 2.53. The topological polar surface area (TPSA) is 74.6 Å². The molecule has 0 amide bonds. The van der Waals surface area contributed by atoms with Gasteiger partial charge in [0.25, 0.3) is 0 Å². The maximum absolute atomic E-state index is 11.6. The number of carboxylic acid groups (broad SMARTS) is 2. The van der Waals surface area contributed by atoms with Crippen molar-refractivity contribution < 1.29 is 19.8 Å². The number of carbonyl (C=O) groups is 2. The van der Waals surface area contributed by atoms with Gasteiger partial charge in [0.15, 0.2) is 0 Å². The van der Waals surface area contributed by atoms with Crippen LogP contribution in [0, 0.1) is 39.4 Å². The molecule has 0 fully saturated rings. The maximum atomic E-state index is 11.6. The first-order valence-electron chi connectivity index (χ1n) is 9.74. The summed E-state index contributed by atoms with van der Waals surface area (Å²) in [7, 11) is 0. The van der Waals surface area contributed by atoms with Gasteiger partial charge in [-0.05, 0) is 69.1 Å². The Morgan fingerprint density at radius 2 is 0.962 bits per heavy atom. The van der Waals surface area contributed by atoms with Crippen molar-refractivity contribution in [1.29, 1.82) is 0 Å². The van der Waals surface area contributed by atoms with Crippen molar-refractivity contribution in [2.45, 2.75) is 89.0 Å². The lowest BCUT2D eigenvalue weighted by molar-refractivity contribution is -0.149. The van der Waals surface area contributed by atoms with Gasteiger partial charge in [0.05, 0.1) is 10.8 Å². The minimum Gasteiger partial charge on any atom is -0.481 e. The van der Waals surface area contributed by atoms with Gasteiger partial charge in [-0.25, -0.2) is 0 Å². The highest BCUT2D eigenvalue weighted by molar-refractivity contribution is 5.74. The molecule has 154 valence electrons. The Hall–Kier alpha value is -1.06. The summed E-state index contributed by atoms with van der Waals surface area (Å²) in [6, 6.07) is 0. The van der Waals surface area contributed by atoms with Crippen LogP contribution >= 0.6 is 0 Å².